The van der Waals surface area contributed by atoms with Crippen LogP contribution in [0.4, 0.5) is 5.69 Å². The van der Waals surface area contributed by atoms with Crippen LogP contribution in [-0.4, -0.2) is 20.2 Å². The van der Waals surface area contributed by atoms with Crippen molar-refractivity contribution in [3.05, 3.63) is 92.6 Å². The molecule has 0 saturated carbocycles. The zero-order valence-corrected chi connectivity index (χ0v) is 18.5. The molecular weight excluding hydrogens is 478 g/mol. The summed E-state index contributed by atoms with van der Waals surface area (Å²) in [5.74, 6) is 1.56. The molecule has 0 spiro atoms. The minimum atomic E-state index is -0.452. The van der Waals surface area contributed by atoms with Crippen molar-refractivity contribution in [1.82, 2.24) is 10.2 Å². The fourth-order valence-corrected chi connectivity index (χ4v) is 3.41. The Balaban J connectivity index is 1.53. The zero-order valence-electron chi connectivity index (χ0n) is 16.9. The molecular formula is C23H18BrN3O5. The zero-order chi connectivity index (χ0) is 22.7. The maximum Gasteiger partial charge on any atom is 0.269 e. The summed E-state index contributed by atoms with van der Waals surface area (Å²) in [4.78, 5) is 10.3. The van der Waals surface area contributed by atoms with Crippen LogP contribution in [-0.2, 0) is 6.61 Å². The number of H-pyrrole nitrogens is 1. The number of hydrogen-bond donors (Lipinski definition) is 2. The normalized spacial score (nSPS) is 10.7. The minimum absolute atomic E-state index is 0.0188. The number of nitrogens with zero attached hydrogens (tertiary/aromatic N) is 2. The van der Waals surface area contributed by atoms with Gasteiger partial charge in [0.15, 0.2) is 5.75 Å². The number of non-ortho nitro benzene ring substituents is 1. The highest BCUT2D eigenvalue weighted by Crippen LogP contribution is 2.41. The lowest BCUT2D eigenvalue weighted by molar-refractivity contribution is -0.384. The van der Waals surface area contributed by atoms with Crippen LogP contribution in [0.15, 0.2) is 71.2 Å². The molecule has 162 valence electrons. The Morgan fingerprint density at radius 3 is 2.56 bits per heavy atom. The van der Waals surface area contributed by atoms with Crippen LogP contribution in [0.1, 0.15) is 11.3 Å². The summed E-state index contributed by atoms with van der Waals surface area (Å²) in [6.07, 6.45) is 0. The number of benzene rings is 3. The van der Waals surface area contributed by atoms with Gasteiger partial charge < -0.3 is 14.6 Å². The van der Waals surface area contributed by atoms with Crippen LogP contribution in [0.3, 0.4) is 0 Å². The number of nitro benzene ring substituents is 1. The van der Waals surface area contributed by atoms with E-state index in [0.29, 0.717) is 34.2 Å². The molecule has 3 aromatic carbocycles. The lowest BCUT2D eigenvalue weighted by Gasteiger charge is -2.11. The van der Waals surface area contributed by atoms with Crippen molar-refractivity contribution in [3.8, 4) is 34.3 Å². The molecule has 0 amide bonds. The number of halogens is 1. The molecule has 0 unspecified atom stereocenters. The van der Waals surface area contributed by atoms with Gasteiger partial charge in [-0.25, -0.2) is 0 Å². The molecule has 8 nitrogen and oxygen atoms in total. The lowest BCUT2D eigenvalue weighted by atomic mass is 10.1. The van der Waals surface area contributed by atoms with Gasteiger partial charge in [0.25, 0.3) is 5.69 Å². The number of aromatic hydroxyl groups is 1. The molecule has 4 rings (SSSR count). The largest absolute Gasteiger partial charge is 0.507 e. The maximum atomic E-state index is 10.8. The first kappa shape index (κ1) is 21.4. The quantitative estimate of drug-likeness (QED) is 0.235. The minimum Gasteiger partial charge on any atom is -0.507 e. The summed E-state index contributed by atoms with van der Waals surface area (Å²) in [6.45, 7) is 2.04. The summed E-state index contributed by atoms with van der Waals surface area (Å²) in [5, 5.41) is 28.6. The van der Waals surface area contributed by atoms with Crippen molar-refractivity contribution in [2.24, 2.45) is 0 Å². The molecule has 1 aromatic heterocycles. The van der Waals surface area contributed by atoms with Crippen LogP contribution in [0.5, 0.6) is 23.0 Å². The maximum absolute atomic E-state index is 10.8. The summed E-state index contributed by atoms with van der Waals surface area (Å²) >= 11 is 3.46. The van der Waals surface area contributed by atoms with Crippen LogP contribution in [0.2, 0.25) is 0 Å². The SMILES string of the molecule is Cc1[nH]nc(-c2ccc(OCc3ccc([N+](=O)[O-])cc3)cc2O)c1Oc1ccccc1Br. The van der Waals surface area contributed by atoms with Gasteiger partial charge in [-0.2, -0.15) is 5.10 Å². The first-order valence-electron chi connectivity index (χ1n) is 9.59. The first-order chi connectivity index (χ1) is 15.4. The van der Waals surface area contributed by atoms with Gasteiger partial charge in [-0.15, -0.1) is 0 Å². The Morgan fingerprint density at radius 2 is 1.88 bits per heavy atom. The van der Waals surface area contributed by atoms with E-state index >= 15 is 0 Å². The second-order valence-electron chi connectivity index (χ2n) is 6.95. The summed E-state index contributed by atoms with van der Waals surface area (Å²) in [6, 6.07) is 18.5. The van der Waals surface area contributed by atoms with E-state index in [-0.39, 0.29) is 18.0 Å². The van der Waals surface area contributed by atoms with Crippen molar-refractivity contribution < 1.29 is 19.5 Å². The highest BCUT2D eigenvalue weighted by Gasteiger charge is 2.19. The molecule has 32 heavy (non-hydrogen) atoms. The van der Waals surface area contributed by atoms with E-state index in [1.807, 2.05) is 31.2 Å². The Morgan fingerprint density at radius 1 is 1.12 bits per heavy atom. The number of rotatable bonds is 7. The first-order valence-corrected chi connectivity index (χ1v) is 10.4. The number of nitrogens with one attached hydrogen (secondary N) is 1. The van der Waals surface area contributed by atoms with E-state index in [1.54, 1.807) is 24.3 Å². The number of aromatic nitrogens is 2. The van der Waals surface area contributed by atoms with Crippen LogP contribution in [0, 0.1) is 17.0 Å². The molecule has 0 atom stereocenters. The van der Waals surface area contributed by atoms with Crippen molar-refractivity contribution in [3.63, 3.8) is 0 Å². The van der Waals surface area contributed by atoms with Gasteiger partial charge in [0.2, 0.25) is 0 Å². The van der Waals surface area contributed by atoms with E-state index in [4.69, 9.17) is 9.47 Å². The van der Waals surface area contributed by atoms with Crippen molar-refractivity contribution in [2.75, 3.05) is 0 Å². The van der Waals surface area contributed by atoms with Gasteiger partial charge in [-0.3, -0.25) is 15.2 Å². The summed E-state index contributed by atoms with van der Waals surface area (Å²) < 4.78 is 12.6. The molecule has 0 aliphatic heterocycles. The highest BCUT2D eigenvalue weighted by molar-refractivity contribution is 9.10. The van der Waals surface area contributed by atoms with Gasteiger partial charge in [-0.05, 0) is 64.8 Å². The van der Waals surface area contributed by atoms with Crippen molar-refractivity contribution >= 4 is 21.6 Å². The molecule has 0 aliphatic carbocycles. The van der Waals surface area contributed by atoms with E-state index < -0.39 is 4.92 Å². The van der Waals surface area contributed by atoms with Gasteiger partial charge >= 0.3 is 0 Å². The standard InChI is InChI=1S/C23H18BrN3O5/c1-14-23(32-21-5-3-2-4-19(21)24)22(26-25-14)18-11-10-17(12-20(18)28)31-13-15-6-8-16(9-7-15)27(29)30/h2-12,28H,13H2,1H3,(H,25,26). The van der Waals surface area contributed by atoms with E-state index in [1.165, 1.54) is 18.2 Å². The van der Waals surface area contributed by atoms with Gasteiger partial charge in [0.05, 0.1) is 15.1 Å². The Hall–Kier alpha value is -3.85. The average Bonchev–Trinajstić information content (AvgIpc) is 3.14. The smallest absolute Gasteiger partial charge is 0.269 e. The predicted molar refractivity (Wildman–Crippen MR) is 122 cm³/mol. The van der Waals surface area contributed by atoms with E-state index in [9.17, 15) is 15.2 Å². The molecule has 1 heterocycles. The monoisotopic (exact) mass is 495 g/mol. The number of phenolic OH excluding ortho intramolecular Hbond substituents is 1. The third-order valence-corrected chi connectivity index (χ3v) is 5.37. The average molecular weight is 496 g/mol. The second kappa shape index (κ2) is 9.11. The molecule has 0 fully saturated rings. The lowest BCUT2D eigenvalue weighted by Crippen LogP contribution is -1.96. The van der Waals surface area contributed by atoms with Gasteiger partial charge in [0.1, 0.15) is 29.5 Å². The summed E-state index contributed by atoms with van der Waals surface area (Å²) in [7, 11) is 0. The van der Waals surface area contributed by atoms with Crippen LogP contribution < -0.4 is 9.47 Å². The number of aryl methyl sites for hydroxylation is 1. The number of nitro groups is 1. The Labute approximate surface area is 191 Å². The molecule has 2 N–H and O–H groups in total. The van der Waals surface area contributed by atoms with Gasteiger partial charge in [0, 0.05) is 23.8 Å². The number of aromatic amines is 1. The molecule has 0 bridgehead atoms. The second-order valence-corrected chi connectivity index (χ2v) is 7.80. The number of para-hydroxylation sites is 1. The third-order valence-electron chi connectivity index (χ3n) is 4.72. The molecule has 9 heteroatoms. The number of phenols is 1. The Bertz CT molecular complexity index is 1270. The third kappa shape index (κ3) is 4.57. The molecule has 0 aliphatic rings. The summed E-state index contributed by atoms with van der Waals surface area (Å²) in [5.41, 5.74) is 2.46. The van der Waals surface area contributed by atoms with E-state index in [2.05, 4.69) is 26.1 Å². The van der Waals surface area contributed by atoms with Gasteiger partial charge in [-0.1, -0.05) is 12.1 Å². The number of hydrogen-bond acceptors (Lipinski definition) is 6. The fraction of sp³-hybridized carbons (Fsp3) is 0.0870. The molecule has 4 aromatic rings. The number of ether oxygens (including phenoxy) is 2. The van der Waals surface area contributed by atoms with Crippen LogP contribution in [0.25, 0.3) is 11.3 Å². The molecule has 0 radical (unpaired) electrons. The van der Waals surface area contributed by atoms with Crippen LogP contribution >= 0.6 is 15.9 Å². The van der Waals surface area contributed by atoms with E-state index in [0.717, 1.165) is 10.0 Å². The van der Waals surface area contributed by atoms with Crippen molar-refractivity contribution in [2.45, 2.75) is 13.5 Å². The molecule has 0 saturated heterocycles. The highest BCUT2D eigenvalue weighted by atomic mass is 79.9. The fourth-order valence-electron chi connectivity index (χ4n) is 3.05. The van der Waals surface area contributed by atoms with Crippen molar-refractivity contribution in [1.29, 1.82) is 0 Å². The predicted octanol–water partition coefficient (Wildman–Crippen LogP) is 6.13. The topological polar surface area (TPSA) is 111 Å². The Kier molecular flexibility index (Phi) is 6.09.